The molecule has 0 saturated heterocycles. The van der Waals surface area contributed by atoms with Crippen LogP contribution in [-0.2, 0) is 6.42 Å². The Balaban J connectivity index is 2.13. The molecule has 0 N–H and O–H groups in total. The molecule has 0 atom stereocenters. The number of furan rings is 2. The summed E-state index contributed by atoms with van der Waals surface area (Å²) in [5.74, 6) is 0. The van der Waals surface area contributed by atoms with Crippen LogP contribution in [0, 0.1) is 0 Å². The highest BCUT2D eigenvalue weighted by Gasteiger charge is 2.28. The molecule has 0 bridgehead atoms. The van der Waals surface area contributed by atoms with E-state index < -0.39 is 0 Å². The standard InChI is InChI=1S/C19H8O2/c1-3-10-16-14-8(1)7-9-2-4-11-17(15(9)14)19-13(21-11)6-5-12(20-10)18(16)19/h1-6H,7H2. The van der Waals surface area contributed by atoms with Crippen molar-refractivity contribution in [3.05, 3.63) is 47.5 Å². The maximum Gasteiger partial charge on any atom is 0.136 e. The molecule has 0 saturated carbocycles. The minimum Gasteiger partial charge on any atom is -0.456 e. The van der Waals surface area contributed by atoms with Crippen molar-refractivity contribution in [3.63, 3.8) is 0 Å². The molecule has 96 valence electrons. The Kier molecular flexibility index (Phi) is 1.12. The number of benzene rings is 4. The van der Waals surface area contributed by atoms with Crippen molar-refractivity contribution in [2.75, 3.05) is 0 Å². The van der Waals surface area contributed by atoms with Crippen LogP contribution in [0.2, 0.25) is 0 Å². The van der Waals surface area contributed by atoms with E-state index in [4.69, 9.17) is 8.83 Å². The second-order valence-corrected chi connectivity index (χ2v) is 6.14. The molecule has 2 nitrogen and oxygen atoms in total. The van der Waals surface area contributed by atoms with Crippen LogP contribution < -0.4 is 0 Å². The molecular weight excluding hydrogens is 260 g/mol. The predicted molar refractivity (Wildman–Crippen MR) is 83.7 cm³/mol. The Morgan fingerprint density at radius 3 is 1.33 bits per heavy atom. The van der Waals surface area contributed by atoms with E-state index in [1.54, 1.807) is 0 Å². The molecule has 0 unspecified atom stereocenters. The van der Waals surface area contributed by atoms with E-state index in [9.17, 15) is 0 Å². The Labute approximate surface area is 118 Å². The van der Waals surface area contributed by atoms with E-state index >= 15 is 0 Å². The molecule has 0 amide bonds. The SMILES string of the molecule is c1cc2oc3ccc4oc5ccc6c7c(c1C6)c2c3c4c57. The molecule has 0 fully saturated rings. The van der Waals surface area contributed by atoms with Crippen LogP contribution in [0.15, 0.2) is 45.2 Å². The van der Waals surface area contributed by atoms with Gasteiger partial charge in [0.2, 0.25) is 0 Å². The van der Waals surface area contributed by atoms with Gasteiger partial charge in [0.15, 0.2) is 0 Å². The van der Waals surface area contributed by atoms with Gasteiger partial charge >= 0.3 is 0 Å². The van der Waals surface area contributed by atoms with Crippen LogP contribution in [0.5, 0.6) is 0 Å². The molecule has 1 aliphatic carbocycles. The van der Waals surface area contributed by atoms with Gasteiger partial charge < -0.3 is 8.83 Å². The van der Waals surface area contributed by atoms with Gasteiger partial charge in [0.1, 0.15) is 22.3 Å². The molecule has 0 spiro atoms. The summed E-state index contributed by atoms with van der Waals surface area (Å²) in [5, 5.41) is 7.82. The van der Waals surface area contributed by atoms with E-state index in [2.05, 4.69) is 24.3 Å². The third-order valence-electron chi connectivity index (χ3n) is 5.21. The molecule has 0 radical (unpaired) electrons. The quantitative estimate of drug-likeness (QED) is 0.343. The lowest BCUT2D eigenvalue weighted by Gasteiger charge is -2.04. The molecule has 4 aromatic carbocycles. The van der Waals surface area contributed by atoms with Crippen molar-refractivity contribution in [1.82, 2.24) is 0 Å². The predicted octanol–water partition coefficient (Wildman–Crippen LogP) is 5.42. The molecule has 6 aromatic rings. The minimum atomic E-state index is 0.969. The van der Waals surface area contributed by atoms with E-state index in [0.29, 0.717) is 0 Å². The highest BCUT2D eigenvalue weighted by atomic mass is 16.3. The molecule has 0 aliphatic heterocycles. The van der Waals surface area contributed by atoms with Crippen molar-refractivity contribution in [3.8, 4) is 0 Å². The molecular formula is C19H8O2. The fraction of sp³-hybridized carbons (Fsp3) is 0.0526. The fourth-order valence-electron chi connectivity index (χ4n) is 4.46. The lowest BCUT2D eigenvalue weighted by molar-refractivity contribution is 0.663. The Bertz CT molecular complexity index is 1240. The highest BCUT2D eigenvalue weighted by Crippen LogP contribution is 2.51. The van der Waals surface area contributed by atoms with Gasteiger partial charge in [-0.3, -0.25) is 0 Å². The Morgan fingerprint density at radius 1 is 0.476 bits per heavy atom. The summed E-state index contributed by atoms with van der Waals surface area (Å²) in [6.07, 6.45) is 1.02. The maximum atomic E-state index is 6.09. The van der Waals surface area contributed by atoms with Gasteiger partial charge in [0, 0.05) is 21.5 Å². The van der Waals surface area contributed by atoms with Gasteiger partial charge in [-0.2, -0.15) is 0 Å². The van der Waals surface area contributed by atoms with Crippen LogP contribution in [0.1, 0.15) is 11.1 Å². The molecule has 2 heterocycles. The first-order valence-corrected chi connectivity index (χ1v) is 7.26. The highest BCUT2D eigenvalue weighted by molar-refractivity contribution is 6.40. The summed E-state index contributed by atoms with van der Waals surface area (Å²) in [4.78, 5) is 0. The van der Waals surface area contributed by atoms with Gasteiger partial charge in [-0.05, 0) is 52.6 Å². The Hall–Kier alpha value is -2.74. The van der Waals surface area contributed by atoms with Crippen LogP contribution in [0.4, 0.5) is 0 Å². The summed E-state index contributed by atoms with van der Waals surface area (Å²) in [5.41, 5.74) is 6.75. The van der Waals surface area contributed by atoms with E-state index in [0.717, 1.165) is 28.8 Å². The first-order valence-electron chi connectivity index (χ1n) is 7.26. The molecule has 2 heteroatoms. The van der Waals surface area contributed by atoms with Crippen LogP contribution in [-0.4, -0.2) is 0 Å². The lowest BCUT2D eigenvalue weighted by atomic mass is 9.95. The fourth-order valence-corrected chi connectivity index (χ4v) is 4.46. The smallest absolute Gasteiger partial charge is 0.136 e. The van der Waals surface area contributed by atoms with Gasteiger partial charge in [-0.25, -0.2) is 0 Å². The summed E-state index contributed by atoms with van der Waals surface area (Å²) >= 11 is 0. The van der Waals surface area contributed by atoms with E-state index in [-0.39, 0.29) is 0 Å². The maximum absolute atomic E-state index is 6.09. The summed E-state index contributed by atoms with van der Waals surface area (Å²) in [6.45, 7) is 0. The van der Waals surface area contributed by atoms with Gasteiger partial charge in [0.25, 0.3) is 0 Å². The minimum absolute atomic E-state index is 0.969. The first-order chi connectivity index (χ1) is 10.4. The summed E-state index contributed by atoms with van der Waals surface area (Å²) in [6, 6.07) is 12.7. The van der Waals surface area contributed by atoms with Crippen LogP contribution in [0.25, 0.3) is 54.6 Å². The van der Waals surface area contributed by atoms with Crippen molar-refractivity contribution in [2.24, 2.45) is 0 Å². The van der Waals surface area contributed by atoms with Crippen molar-refractivity contribution in [2.45, 2.75) is 6.42 Å². The summed E-state index contributed by atoms with van der Waals surface area (Å²) < 4.78 is 12.2. The van der Waals surface area contributed by atoms with Crippen molar-refractivity contribution >= 4 is 54.6 Å². The first kappa shape index (κ1) is 9.24. The Morgan fingerprint density at radius 2 is 0.857 bits per heavy atom. The average Bonchev–Trinajstić information content (AvgIpc) is 3.14. The number of rotatable bonds is 0. The van der Waals surface area contributed by atoms with Gasteiger partial charge in [-0.15, -0.1) is 0 Å². The lowest BCUT2D eigenvalue weighted by Crippen LogP contribution is -1.80. The zero-order valence-electron chi connectivity index (χ0n) is 11.0. The monoisotopic (exact) mass is 268 g/mol. The van der Waals surface area contributed by atoms with Crippen molar-refractivity contribution < 1.29 is 8.83 Å². The van der Waals surface area contributed by atoms with Crippen molar-refractivity contribution in [1.29, 1.82) is 0 Å². The zero-order chi connectivity index (χ0) is 13.3. The molecule has 1 aliphatic rings. The van der Waals surface area contributed by atoms with Crippen LogP contribution in [0.3, 0.4) is 0 Å². The second kappa shape index (κ2) is 2.56. The second-order valence-electron chi connectivity index (χ2n) is 6.14. The largest absolute Gasteiger partial charge is 0.456 e. The van der Waals surface area contributed by atoms with E-state index in [1.807, 2.05) is 12.1 Å². The molecule has 7 rings (SSSR count). The average molecular weight is 268 g/mol. The third-order valence-corrected chi connectivity index (χ3v) is 5.21. The normalized spacial score (nSPS) is 14.5. The number of hydrogen-bond donors (Lipinski definition) is 0. The number of hydrogen-bond acceptors (Lipinski definition) is 2. The summed E-state index contributed by atoms with van der Waals surface area (Å²) in [7, 11) is 0. The molecule has 2 aromatic heterocycles. The third kappa shape index (κ3) is 0.770. The van der Waals surface area contributed by atoms with Gasteiger partial charge in [0.05, 0.1) is 0 Å². The molecule has 21 heavy (non-hydrogen) atoms. The van der Waals surface area contributed by atoms with E-state index in [1.165, 1.54) is 43.4 Å². The topological polar surface area (TPSA) is 26.3 Å². The zero-order valence-corrected chi connectivity index (χ0v) is 11.0. The van der Waals surface area contributed by atoms with Gasteiger partial charge in [-0.1, -0.05) is 12.1 Å². The van der Waals surface area contributed by atoms with Crippen LogP contribution >= 0.6 is 0 Å².